The Hall–Kier alpha value is -2.70. The van der Waals surface area contributed by atoms with E-state index >= 15 is 0 Å². The van der Waals surface area contributed by atoms with Crippen molar-refractivity contribution in [3.8, 4) is 5.69 Å². The first-order valence-corrected chi connectivity index (χ1v) is 6.04. The van der Waals surface area contributed by atoms with Gasteiger partial charge in [0.1, 0.15) is 5.82 Å². The van der Waals surface area contributed by atoms with E-state index in [2.05, 4.69) is 4.74 Å². The quantitative estimate of drug-likeness (QED) is 0.767. The highest BCUT2D eigenvalue weighted by Gasteiger charge is 2.15. The molecule has 0 bridgehead atoms. The van der Waals surface area contributed by atoms with Crippen LogP contribution in [-0.2, 0) is 11.8 Å². The van der Waals surface area contributed by atoms with Crippen LogP contribution >= 0.6 is 0 Å². The predicted molar refractivity (Wildman–Crippen MR) is 73.3 cm³/mol. The molecule has 2 rings (SSSR count). The van der Waals surface area contributed by atoms with Crippen LogP contribution in [0, 0.1) is 12.7 Å². The number of carbonyl (C=O) groups is 1. The smallest absolute Gasteiger partial charge is 0.337 e. The van der Waals surface area contributed by atoms with Crippen molar-refractivity contribution in [3.63, 3.8) is 0 Å². The number of esters is 1. The summed E-state index contributed by atoms with van der Waals surface area (Å²) in [5.74, 6) is -1.47. The fraction of sp³-hybridized carbons (Fsp3) is 0.214. The Morgan fingerprint density at radius 1 is 1.24 bits per heavy atom. The third-order valence-corrected chi connectivity index (χ3v) is 3.17. The van der Waals surface area contributed by atoms with Crippen LogP contribution in [0.5, 0.6) is 0 Å². The number of hydrogen-bond donors (Lipinski definition) is 0. The van der Waals surface area contributed by atoms with Crippen LogP contribution in [0.4, 0.5) is 4.39 Å². The average Bonchev–Trinajstić information content (AvgIpc) is 2.46. The third kappa shape index (κ3) is 2.49. The Balaban J connectivity index is 2.79. The van der Waals surface area contributed by atoms with E-state index in [0.717, 1.165) is 12.1 Å². The fourth-order valence-corrected chi connectivity index (χ4v) is 1.89. The van der Waals surface area contributed by atoms with Crippen molar-refractivity contribution in [2.75, 3.05) is 7.11 Å². The zero-order valence-electron chi connectivity index (χ0n) is 11.7. The number of aromatic nitrogens is 2. The number of benzene rings is 1. The number of carbonyl (C=O) groups excluding carboxylic acids is 1. The summed E-state index contributed by atoms with van der Waals surface area (Å²) in [5.41, 5.74) is -1.16. The first-order valence-electron chi connectivity index (χ1n) is 6.04. The summed E-state index contributed by atoms with van der Waals surface area (Å²) in [6.07, 6.45) is 0. The van der Waals surface area contributed by atoms with E-state index in [4.69, 9.17) is 0 Å². The van der Waals surface area contributed by atoms with E-state index in [1.54, 1.807) is 6.92 Å². The molecular formula is C14H13FN2O4. The highest BCUT2D eigenvalue weighted by molar-refractivity contribution is 5.89. The lowest BCUT2D eigenvalue weighted by atomic mass is 10.2. The zero-order valence-corrected chi connectivity index (χ0v) is 11.7. The molecule has 0 amide bonds. The molecule has 2 aromatic rings. The number of rotatable bonds is 2. The van der Waals surface area contributed by atoms with Crippen molar-refractivity contribution < 1.29 is 13.9 Å². The topological polar surface area (TPSA) is 70.3 Å². The van der Waals surface area contributed by atoms with Gasteiger partial charge in [0.15, 0.2) is 0 Å². The maximum absolute atomic E-state index is 14.0. The van der Waals surface area contributed by atoms with Crippen LogP contribution in [0.1, 0.15) is 16.1 Å². The standard InChI is InChI=1S/C14H13FN2O4/c1-8-6-12(18)17(14(20)16(8)2)11-7-9(13(19)21-3)4-5-10(11)15/h4-7H,1-3H3. The second-order valence-corrected chi connectivity index (χ2v) is 4.46. The lowest BCUT2D eigenvalue weighted by Gasteiger charge is -2.11. The maximum atomic E-state index is 14.0. The molecule has 0 N–H and O–H groups in total. The second kappa shape index (κ2) is 5.35. The van der Waals surface area contributed by atoms with Crippen molar-refractivity contribution in [1.82, 2.24) is 9.13 Å². The van der Waals surface area contributed by atoms with Gasteiger partial charge in [-0.3, -0.25) is 4.79 Å². The van der Waals surface area contributed by atoms with E-state index in [9.17, 15) is 18.8 Å². The van der Waals surface area contributed by atoms with Crippen molar-refractivity contribution in [1.29, 1.82) is 0 Å². The summed E-state index contributed by atoms with van der Waals surface area (Å²) >= 11 is 0. The molecule has 0 aliphatic heterocycles. The molecule has 0 fully saturated rings. The van der Waals surface area contributed by atoms with Gasteiger partial charge in [-0.25, -0.2) is 18.5 Å². The number of hydrogen-bond acceptors (Lipinski definition) is 4. The second-order valence-electron chi connectivity index (χ2n) is 4.46. The minimum Gasteiger partial charge on any atom is -0.465 e. The highest BCUT2D eigenvalue weighted by atomic mass is 19.1. The maximum Gasteiger partial charge on any atom is 0.337 e. The number of ether oxygens (including phenoxy) is 1. The molecule has 6 nitrogen and oxygen atoms in total. The molecule has 110 valence electrons. The van der Waals surface area contributed by atoms with Gasteiger partial charge in [0.05, 0.1) is 18.4 Å². The van der Waals surface area contributed by atoms with Gasteiger partial charge < -0.3 is 9.30 Å². The van der Waals surface area contributed by atoms with Gasteiger partial charge in [-0.2, -0.15) is 0 Å². The van der Waals surface area contributed by atoms with Gasteiger partial charge >= 0.3 is 11.7 Å². The number of nitrogens with zero attached hydrogens (tertiary/aromatic N) is 2. The Bertz CT molecular complexity index is 836. The van der Waals surface area contributed by atoms with Crippen LogP contribution in [0.3, 0.4) is 0 Å². The van der Waals surface area contributed by atoms with Crippen LogP contribution < -0.4 is 11.2 Å². The zero-order chi connectivity index (χ0) is 15.7. The predicted octanol–water partition coefficient (Wildman–Crippen LogP) is 0.770. The molecule has 0 unspecified atom stereocenters. The minimum atomic E-state index is -0.786. The molecule has 0 atom stereocenters. The molecule has 0 radical (unpaired) electrons. The molecule has 0 spiro atoms. The van der Waals surface area contributed by atoms with E-state index in [1.807, 2.05) is 0 Å². The summed E-state index contributed by atoms with van der Waals surface area (Å²) < 4.78 is 20.4. The molecule has 21 heavy (non-hydrogen) atoms. The van der Waals surface area contributed by atoms with Gasteiger partial charge in [0, 0.05) is 18.8 Å². The number of halogens is 1. The normalized spacial score (nSPS) is 10.5. The Kier molecular flexibility index (Phi) is 3.75. The Labute approximate surface area is 119 Å². The monoisotopic (exact) mass is 292 g/mol. The lowest BCUT2D eigenvalue weighted by molar-refractivity contribution is 0.0600. The molecule has 1 aromatic carbocycles. The molecule has 0 aliphatic rings. The summed E-state index contributed by atoms with van der Waals surface area (Å²) in [4.78, 5) is 35.6. The van der Waals surface area contributed by atoms with Gasteiger partial charge in [-0.05, 0) is 25.1 Å². The minimum absolute atomic E-state index is 0.0448. The van der Waals surface area contributed by atoms with E-state index in [-0.39, 0.29) is 11.3 Å². The number of methoxy groups -OCH3 is 1. The van der Waals surface area contributed by atoms with Gasteiger partial charge in [0.25, 0.3) is 5.56 Å². The van der Waals surface area contributed by atoms with Crippen molar-refractivity contribution in [2.45, 2.75) is 6.92 Å². The third-order valence-electron chi connectivity index (χ3n) is 3.17. The fourth-order valence-electron chi connectivity index (χ4n) is 1.89. The molecule has 1 aromatic heterocycles. The van der Waals surface area contributed by atoms with Crippen LogP contribution in [-0.4, -0.2) is 22.2 Å². The SMILES string of the molecule is COC(=O)c1ccc(F)c(-n2c(=O)cc(C)n(C)c2=O)c1. The van der Waals surface area contributed by atoms with Crippen LogP contribution in [0.2, 0.25) is 0 Å². The van der Waals surface area contributed by atoms with Crippen molar-refractivity contribution in [3.05, 3.63) is 62.2 Å². The average molecular weight is 292 g/mol. The van der Waals surface area contributed by atoms with Crippen molar-refractivity contribution >= 4 is 5.97 Å². The molecule has 0 saturated heterocycles. The lowest BCUT2D eigenvalue weighted by Crippen LogP contribution is -2.38. The molecule has 0 saturated carbocycles. The van der Waals surface area contributed by atoms with Crippen molar-refractivity contribution in [2.24, 2.45) is 7.05 Å². The summed E-state index contributed by atoms with van der Waals surface area (Å²) in [6.45, 7) is 1.59. The van der Waals surface area contributed by atoms with Crippen LogP contribution in [0.15, 0.2) is 33.9 Å². The summed E-state index contributed by atoms with van der Waals surface area (Å²) in [7, 11) is 2.65. The Morgan fingerprint density at radius 3 is 2.52 bits per heavy atom. The molecule has 0 aliphatic carbocycles. The summed E-state index contributed by atoms with van der Waals surface area (Å²) in [5, 5.41) is 0. The first kappa shape index (κ1) is 14.7. The van der Waals surface area contributed by atoms with E-state index in [0.29, 0.717) is 10.3 Å². The number of aryl methyl sites for hydroxylation is 1. The van der Waals surface area contributed by atoms with E-state index in [1.165, 1.54) is 30.9 Å². The van der Waals surface area contributed by atoms with E-state index < -0.39 is 23.0 Å². The van der Waals surface area contributed by atoms with Gasteiger partial charge in [-0.15, -0.1) is 0 Å². The molecule has 1 heterocycles. The molecule has 7 heteroatoms. The largest absolute Gasteiger partial charge is 0.465 e. The van der Waals surface area contributed by atoms with Gasteiger partial charge in [-0.1, -0.05) is 0 Å². The first-order chi connectivity index (χ1) is 9.86. The summed E-state index contributed by atoms with van der Waals surface area (Å²) in [6, 6.07) is 4.55. The molecular weight excluding hydrogens is 279 g/mol. The Morgan fingerprint density at radius 2 is 1.90 bits per heavy atom. The van der Waals surface area contributed by atoms with Gasteiger partial charge in [0.2, 0.25) is 0 Å². The highest BCUT2D eigenvalue weighted by Crippen LogP contribution is 2.13. The van der Waals surface area contributed by atoms with Crippen LogP contribution in [0.25, 0.3) is 5.69 Å².